The van der Waals surface area contributed by atoms with Gasteiger partial charge in [0.15, 0.2) is 0 Å². The van der Waals surface area contributed by atoms with Gasteiger partial charge in [0, 0.05) is 5.69 Å². The molecule has 88 valence electrons. The molecule has 0 saturated heterocycles. The van der Waals surface area contributed by atoms with Crippen molar-refractivity contribution < 1.29 is 9.90 Å². The lowest BCUT2D eigenvalue weighted by Crippen LogP contribution is -2.10. The zero-order chi connectivity index (χ0) is 12.5. The zero-order valence-electron chi connectivity index (χ0n) is 10.5. The second-order valence-electron chi connectivity index (χ2n) is 4.74. The summed E-state index contributed by atoms with van der Waals surface area (Å²) in [6.45, 7) is 10.3. The van der Waals surface area contributed by atoms with Gasteiger partial charge in [0.25, 0.3) is 0 Å². The van der Waals surface area contributed by atoms with Crippen LogP contribution in [0.1, 0.15) is 66.8 Å². The highest BCUT2D eigenvalue weighted by atomic mass is 16.4. The van der Waals surface area contributed by atoms with Crippen molar-refractivity contribution in [3.05, 3.63) is 28.6 Å². The predicted molar refractivity (Wildman–Crippen MR) is 64.1 cm³/mol. The van der Waals surface area contributed by atoms with Crippen molar-refractivity contribution in [2.75, 3.05) is 0 Å². The maximum absolute atomic E-state index is 10.9. The summed E-state index contributed by atoms with van der Waals surface area (Å²) >= 11 is 0. The van der Waals surface area contributed by atoms with E-state index in [9.17, 15) is 4.79 Å². The van der Waals surface area contributed by atoms with Crippen LogP contribution in [0.4, 0.5) is 0 Å². The van der Waals surface area contributed by atoms with Gasteiger partial charge in [-0.2, -0.15) is 0 Å². The molecule has 0 aliphatic carbocycles. The second kappa shape index (κ2) is 4.64. The smallest absolute Gasteiger partial charge is 0.354 e. The van der Waals surface area contributed by atoms with Crippen molar-refractivity contribution in [1.29, 1.82) is 0 Å². The molecule has 0 aliphatic rings. The van der Waals surface area contributed by atoms with E-state index in [0.29, 0.717) is 5.92 Å². The van der Waals surface area contributed by atoms with Gasteiger partial charge in [-0.25, -0.2) is 9.78 Å². The first-order valence-electron chi connectivity index (χ1n) is 5.59. The monoisotopic (exact) mass is 221 g/mol. The molecule has 0 spiro atoms. The number of pyridine rings is 1. The van der Waals surface area contributed by atoms with E-state index in [-0.39, 0.29) is 11.6 Å². The lowest BCUT2D eigenvalue weighted by molar-refractivity contribution is 0.0690. The summed E-state index contributed by atoms with van der Waals surface area (Å²) in [5.41, 5.74) is 3.25. The van der Waals surface area contributed by atoms with E-state index in [0.717, 1.165) is 11.3 Å². The van der Waals surface area contributed by atoms with Crippen molar-refractivity contribution in [2.45, 2.75) is 46.5 Å². The number of hydrogen-bond donors (Lipinski definition) is 1. The van der Waals surface area contributed by atoms with E-state index in [1.165, 1.54) is 5.56 Å². The van der Waals surface area contributed by atoms with Crippen molar-refractivity contribution in [2.24, 2.45) is 0 Å². The Morgan fingerprint density at radius 3 is 2.19 bits per heavy atom. The molecule has 1 heterocycles. The molecule has 1 N–H and O–H groups in total. The van der Waals surface area contributed by atoms with Gasteiger partial charge < -0.3 is 5.11 Å². The van der Waals surface area contributed by atoms with Crippen LogP contribution in [0.25, 0.3) is 0 Å². The van der Waals surface area contributed by atoms with Gasteiger partial charge >= 0.3 is 5.97 Å². The number of aromatic carboxylic acids is 1. The molecule has 1 aromatic rings. The van der Waals surface area contributed by atoms with Crippen LogP contribution in [-0.2, 0) is 0 Å². The number of nitrogens with zero attached hydrogens (tertiary/aromatic N) is 1. The maximum Gasteiger partial charge on any atom is 0.354 e. The van der Waals surface area contributed by atoms with Gasteiger partial charge in [-0.3, -0.25) is 0 Å². The second-order valence-corrected chi connectivity index (χ2v) is 4.74. The fourth-order valence-electron chi connectivity index (χ4n) is 2.01. The zero-order valence-corrected chi connectivity index (χ0v) is 10.5. The Kier molecular flexibility index (Phi) is 3.68. The number of carboxylic acids is 1. The first-order chi connectivity index (χ1) is 7.34. The van der Waals surface area contributed by atoms with Crippen LogP contribution >= 0.6 is 0 Å². The van der Waals surface area contributed by atoms with Gasteiger partial charge in [0.05, 0.1) is 0 Å². The quantitative estimate of drug-likeness (QED) is 0.851. The van der Waals surface area contributed by atoms with Crippen LogP contribution in [0.2, 0.25) is 0 Å². The summed E-state index contributed by atoms with van der Waals surface area (Å²) in [6, 6.07) is 1.66. The average molecular weight is 221 g/mol. The molecular weight excluding hydrogens is 202 g/mol. The highest BCUT2D eigenvalue weighted by Crippen LogP contribution is 2.28. The Morgan fingerprint density at radius 1 is 1.25 bits per heavy atom. The molecule has 0 bridgehead atoms. The third kappa shape index (κ3) is 2.40. The van der Waals surface area contributed by atoms with Gasteiger partial charge in [0.1, 0.15) is 5.69 Å². The van der Waals surface area contributed by atoms with E-state index < -0.39 is 5.97 Å². The third-order valence-electron chi connectivity index (χ3n) is 2.64. The van der Waals surface area contributed by atoms with Crippen molar-refractivity contribution in [1.82, 2.24) is 4.98 Å². The van der Waals surface area contributed by atoms with Crippen LogP contribution in [0.5, 0.6) is 0 Å². The summed E-state index contributed by atoms with van der Waals surface area (Å²) in [6.07, 6.45) is 0. The standard InChI is InChI=1S/C13H19NO2/c1-7(2)11-9(5)6-10(13(15)16)14-12(11)8(3)4/h6-8H,1-5H3,(H,15,16). The van der Waals surface area contributed by atoms with Crippen LogP contribution in [0, 0.1) is 6.92 Å². The third-order valence-corrected chi connectivity index (χ3v) is 2.64. The minimum atomic E-state index is -0.958. The highest BCUT2D eigenvalue weighted by molar-refractivity contribution is 5.85. The number of carboxylic acid groups (broad SMARTS) is 1. The molecule has 3 nitrogen and oxygen atoms in total. The van der Waals surface area contributed by atoms with E-state index in [1.54, 1.807) is 6.07 Å². The van der Waals surface area contributed by atoms with Gasteiger partial charge in [0.2, 0.25) is 0 Å². The summed E-state index contributed by atoms with van der Waals surface area (Å²) in [7, 11) is 0. The molecule has 0 unspecified atom stereocenters. The molecular formula is C13H19NO2. The van der Waals surface area contributed by atoms with E-state index in [1.807, 2.05) is 20.8 Å². The normalized spacial score (nSPS) is 11.2. The molecule has 1 aromatic heterocycles. The lowest BCUT2D eigenvalue weighted by Gasteiger charge is -2.18. The summed E-state index contributed by atoms with van der Waals surface area (Å²) in [4.78, 5) is 15.2. The van der Waals surface area contributed by atoms with E-state index >= 15 is 0 Å². The van der Waals surface area contributed by atoms with E-state index in [2.05, 4.69) is 18.8 Å². The SMILES string of the molecule is Cc1cc(C(=O)O)nc(C(C)C)c1C(C)C. The van der Waals surface area contributed by atoms with Crippen LogP contribution in [-0.4, -0.2) is 16.1 Å². The number of rotatable bonds is 3. The average Bonchev–Trinajstić information content (AvgIpc) is 2.15. The molecule has 3 heteroatoms. The van der Waals surface area contributed by atoms with E-state index in [4.69, 9.17) is 5.11 Å². The molecule has 0 aromatic carbocycles. The van der Waals surface area contributed by atoms with Crippen molar-refractivity contribution in [3.8, 4) is 0 Å². The topological polar surface area (TPSA) is 50.2 Å². The first kappa shape index (κ1) is 12.7. The van der Waals surface area contributed by atoms with Gasteiger partial charge in [-0.15, -0.1) is 0 Å². The molecule has 0 amide bonds. The van der Waals surface area contributed by atoms with Crippen LogP contribution in [0.15, 0.2) is 6.07 Å². The Bertz CT molecular complexity index is 409. The Labute approximate surface area is 96.5 Å². The molecule has 1 rings (SSSR count). The van der Waals surface area contributed by atoms with Gasteiger partial charge in [-0.05, 0) is 36.0 Å². The summed E-state index contributed by atoms with van der Waals surface area (Å²) in [5, 5.41) is 8.98. The van der Waals surface area contributed by atoms with Gasteiger partial charge in [-0.1, -0.05) is 27.7 Å². The van der Waals surface area contributed by atoms with Crippen molar-refractivity contribution >= 4 is 5.97 Å². The molecule has 0 fully saturated rings. The Balaban J connectivity index is 3.45. The number of carbonyl (C=O) groups is 1. The summed E-state index contributed by atoms with van der Waals surface area (Å²) in [5.74, 6) is -0.344. The highest BCUT2D eigenvalue weighted by Gasteiger charge is 2.17. The fourth-order valence-corrected chi connectivity index (χ4v) is 2.01. The number of aromatic nitrogens is 1. The molecule has 0 aliphatic heterocycles. The largest absolute Gasteiger partial charge is 0.477 e. The minimum absolute atomic E-state index is 0.144. The number of aryl methyl sites for hydroxylation is 1. The lowest BCUT2D eigenvalue weighted by atomic mass is 9.91. The van der Waals surface area contributed by atoms with Crippen LogP contribution in [0.3, 0.4) is 0 Å². The number of hydrogen-bond acceptors (Lipinski definition) is 2. The molecule has 0 atom stereocenters. The minimum Gasteiger partial charge on any atom is -0.477 e. The van der Waals surface area contributed by atoms with Crippen molar-refractivity contribution in [3.63, 3.8) is 0 Å². The predicted octanol–water partition coefficient (Wildman–Crippen LogP) is 3.34. The first-order valence-corrected chi connectivity index (χ1v) is 5.59. The molecule has 0 saturated carbocycles. The summed E-state index contributed by atoms with van der Waals surface area (Å²) < 4.78 is 0. The van der Waals surface area contributed by atoms with Crippen LogP contribution < -0.4 is 0 Å². The fraction of sp³-hybridized carbons (Fsp3) is 0.538. The Hall–Kier alpha value is -1.38. The molecule has 0 radical (unpaired) electrons. The maximum atomic E-state index is 10.9. The molecule has 16 heavy (non-hydrogen) atoms. The Morgan fingerprint density at radius 2 is 1.81 bits per heavy atom.